The number of hydrogen-bond acceptors (Lipinski definition) is 4. The number of nitrogens with zero attached hydrogens (tertiary/aromatic N) is 1. The number of nitro benzene ring substituents is 1. The van der Waals surface area contributed by atoms with Crippen LogP contribution in [-0.4, -0.2) is 30.7 Å². The Morgan fingerprint density at radius 3 is 2.52 bits per heavy atom. The zero-order chi connectivity index (χ0) is 15.5. The van der Waals surface area contributed by atoms with E-state index >= 15 is 0 Å². The topological polar surface area (TPSA) is 93.5 Å². The number of non-ortho nitro benzene ring substituents is 1. The molecule has 7 nitrogen and oxygen atoms in total. The molecule has 116 valence electrons. The molecule has 0 saturated heterocycles. The third-order valence-electron chi connectivity index (χ3n) is 2.73. The second-order valence-corrected chi connectivity index (χ2v) is 4.50. The van der Waals surface area contributed by atoms with E-state index in [1.165, 1.54) is 24.3 Å². The number of nitrogens with one attached hydrogen (secondary N) is 2. The van der Waals surface area contributed by atoms with Gasteiger partial charge in [0.25, 0.3) is 5.69 Å². The average Bonchev–Trinajstić information content (AvgIpc) is 2.47. The maximum Gasteiger partial charge on any atom is 0.319 e. The summed E-state index contributed by atoms with van der Waals surface area (Å²) in [5.41, 5.74) is 0.502. The fourth-order valence-corrected chi connectivity index (χ4v) is 1.57. The molecule has 0 radical (unpaired) electrons. The number of ether oxygens (including phenoxy) is 1. The van der Waals surface area contributed by atoms with Crippen LogP contribution in [0.25, 0.3) is 0 Å². The highest BCUT2D eigenvalue weighted by Crippen LogP contribution is 2.15. The maximum atomic E-state index is 11.6. The van der Waals surface area contributed by atoms with Crippen molar-refractivity contribution < 1.29 is 14.5 Å². The van der Waals surface area contributed by atoms with Crippen LogP contribution in [0.5, 0.6) is 0 Å². The van der Waals surface area contributed by atoms with Crippen LogP contribution in [0.2, 0.25) is 0 Å². The number of benzene rings is 1. The SMILES string of the molecule is CCCCOCCCNC(=O)Nc1ccc([N+](=O)[O-])cc1. The predicted octanol–water partition coefficient (Wildman–Crippen LogP) is 2.92. The molecular formula is C14H21N3O4. The number of amides is 2. The van der Waals surface area contributed by atoms with Crippen LogP contribution in [-0.2, 0) is 4.74 Å². The van der Waals surface area contributed by atoms with Crippen LogP contribution in [0.1, 0.15) is 26.2 Å². The van der Waals surface area contributed by atoms with Crippen molar-refractivity contribution >= 4 is 17.4 Å². The standard InChI is InChI=1S/C14H21N3O4/c1-2-3-10-21-11-4-9-15-14(18)16-12-5-7-13(8-6-12)17(19)20/h5-8H,2-4,9-11H2,1H3,(H2,15,16,18). The predicted molar refractivity (Wildman–Crippen MR) is 80.5 cm³/mol. The molecule has 0 bridgehead atoms. The van der Waals surface area contributed by atoms with Crippen molar-refractivity contribution in [3.8, 4) is 0 Å². The third kappa shape index (κ3) is 7.26. The minimum atomic E-state index is -0.484. The smallest absolute Gasteiger partial charge is 0.319 e. The van der Waals surface area contributed by atoms with Gasteiger partial charge in [-0.25, -0.2) is 4.79 Å². The van der Waals surface area contributed by atoms with Crippen molar-refractivity contribution in [2.75, 3.05) is 25.1 Å². The second kappa shape index (κ2) is 9.71. The van der Waals surface area contributed by atoms with E-state index in [0.717, 1.165) is 25.9 Å². The van der Waals surface area contributed by atoms with E-state index in [1.54, 1.807) is 0 Å². The number of rotatable bonds is 9. The second-order valence-electron chi connectivity index (χ2n) is 4.50. The first kappa shape index (κ1) is 16.9. The Balaban J connectivity index is 2.17. The van der Waals surface area contributed by atoms with E-state index in [-0.39, 0.29) is 11.7 Å². The molecule has 0 aliphatic rings. The molecule has 0 aromatic heterocycles. The maximum absolute atomic E-state index is 11.6. The molecule has 0 fully saturated rings. The summed E-state index contributed by atoms with van der Waals surface area (Å²) in [6.45, 7) is 4.00. The molecular weight excluding hydrogens is 274 g/mol. The molecule has 1 aromatic carbocycles. The molecule has 21 heavy (non-hydrogen) atoms. The van der Waals surface area contributed by atoms with E-state index in [9.17, 15) is 14.9 Å². The Bertz CT molecular complexity index is 448. The van der Waals surface area contributed by atoms with Gasteiger partial charge in [0.05, 0.1) is 4.92 Å². The number of hydrogen-bond donors (Lipinski definition) is 2. The lowest BCUT2D eigenvalue weighted by Gasteiger charge is -2.07. The minimum absolute atomic E-state index is 0.00909. The van der Waals surface area contributed by atoms with Crippen molar-refractivity contribution in [3.63, 3.8) is 0 Å². The van der Waals surface area contributed by atoms with Crippen molar-refractivity contribution in [3.05, 3.63) is 34.4 Å². The van der Waals surface area contributed by atoms with Gasteiger partial charge in [-0.15, -0.1) is 0 Å². The van der Waals surface area contributed by atoms with E-state index < -0.39 is 4.92 Å². The van der Waals surface area contributed by atoms with Crippen LogP contribution in [0.3, 0.4) is 0 Å². The first-order valence-electron chi connectivity index (χ1n) is 7.00. The highest BCUT2D eigenvalue weighted by atomic mass is 16.6. The molecule has 2 N–H and O–H groups in total. The van der Waals surface area contributed by atoms with Crippen LogP contribution >= 0.6 is 0 Å². The van der Waals surface area contributed by atoms with Crippen molar-refractivity contribution in [2.45, 2.75) is 26.2 Å². The summed E-state index contributed by atoms with van der Waals surface area (Å²) in [6, 6.07) is 5.34. The minimum Gasteiger partial charge on any atom is -0.381 e. The molecule has 1 rings (SSSR count). The molecule has 1 aromatic rings. The van der Waals surface area contributed by atoms with Crippen LogP contribution < -0.4 is 10.6 Å². The highest BCUT2D eigenvalue weighted by molar-refractivity contribution is 5.89. The molecule has 0 aliphatic carbocycles. The molecule has 7 heteroatoms. The van der Waals surface area contributed by atoms with Gasteiger partial charge >= 0.3 is 6.03 Å². The quantitative estimate of drug-likeness (QED) is 0.416. The molecule has 0 unspecified atom stereocenters. The Hall–Kier alpha value is -2.15. The monoisotopic (exact) mass is 295 g/mol. The summed E-state index contributed by atoms with van der Waals surface area (Å²) in [5.74, 6) is 0. The number of urea groups is 1. The zero-order valence-corrected chi connectivity index (χ0v) is 12.1. The Morgan fingerprint density at radius 1 is 1.24 bits per heavy atom. The van der Waals surface area contributed by atoms with E-state index in [1.807, 2.05) is 0 Å². The summed E-state index contributed by atoms with van der Waals surface area (Å²) >= 11 is 0. The van der Waals surface area contributed by atoms with Gasteiger partial charge in [-0.2, -0.15) is 0 Å². The van der Waals surface area contributed by atoms with Crippen LogP contribution in [0, 0.1) is 10.1 Å². The Morgan fingerprint density at radius 2 is 1.90 bits per heavy atom. The molecule has 0 saturated carbocycles. The lowest BCUT2D eigenvalue weighted by Crippen LogP contribution is -2.30. The normalized spacial score (nSPS) is 10.1. The fraction of sp³-hybridized carbons (Fsp3) is 0.500. The fourth-order valence-electron chi connectivity index (χ4n) is 1.57. The van der Waals surface area contributed by atoms with E-state index in [2.05, 4.69) is 17.6 Å². The molecule has 0 heterocycles. The Labute approximate surface area is 123 Å². The lowest BCUT2D eigenvalue weighted by molar-refractivity contribution is -0.384. The average molecular weight is 295 g/mol. The zero-order valence-electron chi connectivity index (χ0n) is 12.1. The number of anilines is 1. The van der Waals surface area contributed by atoms with Crippen molar-refractivity contribution in [1.82, 2.24) is 5.32 Å². The third-order valence-corrected chi connectivity index (χ3v) is 2.73. The Kier molecular flexibility index (Phi) is 7.81. The summed E-state index contributed by atoms with van der Waals surface area (Å²) in [6.07, 6.45) is 2.90. The highest BCUT2D eigenvalue weighted by Gasteiger charge is 2.05. The first-order valence-corrected chi connectivity index (χ1v) is 7.00. The number of nitro groups is 1. The molecule has 0 aliphatic heterocycles. The summed E-state index contributed by atoms with van der Waals surface area (Å²) in [7, 11) is 0. The van der Waals surface area contributed by atoms with Gasteiger partial charge in [0.15, 0.2) is 0 Å². The number of unbranched alkanes of at least 4 members (excludes halogenated alkanes) is 1. The molecule has 0 atom stereocenters. The van der Waals surface area contributed by atoms with Gasteiger partial charge in [-0.05, 0) is 25.0 Å². The molecule has 2 amide bonds. The number of carbonyl (C=O) groups is 1. The van der Waals surface area contributed by atoms with Gasteiger partial charge in [0.2, 0.25) is 0 Å². The van der Waals surface area contributed by atoms with Gasteiger partial charge in [-0.3, -0.25) is 10.1 Å². The largest absolute Gasteiger partial charge is 0.381 e. The number of carbonyl (C=O) groups excluding carboxylic acids is 1. The van der Waals surface area contributed by atoms with Crippen LogP contribution in [0.4, 0.5) is 16.2 Å². The first-order chi connectivity index (χ1) is 10.1. The van der Waals surface area contributed by atoms with E-state index in [0.29, 0.717) is 18.8 Å². The van der Waals surface area contributed by atoms with Gasteiger partial charge < -0.3 is 15.4 Å². The summed E-state index contributed by atoms with van der Waals surface area (Å²) in [5, 5.41) is 15.8. The van der Waals surface area contributed by atoms with Gasteiger partial charge in [0.1, 0.15) is 0 Å². The lowest BCUT2D eigenvalue weighted by atomic mass is 10.3. The van der Waals surface area contributed by atoms with Crippen LogP contribution in [0.15, 0.2) is 24.3 Å². The van der Waals surface area contributed by atoms with Gasteiger partial charge in [-0.1, -0.05) is 13.3 Å². The summed E-state index contributed by atoms with van der Waals surface area (Å²) in [4.78, 5) is 21.6. The van der Waals surface area contributed by atoms with Gasteiger partial charge in [0, 0.05) is 37.6 Å². The van der Waals surface area contributed by atoms with Crippen molar-refractivity contribution in [2.24, 2.45) is 0 Å². The van der Waals surface area contributed by atoms with Crippen molar-refractivity contribution in [1.29, 1.82) is 0 Å². The molecule has 0 spiro atoms. The van der Waals surface area contributed by atoms with E-state index in [4.69, 9.17) is 4.74 Å². The summed E-state index contributed by atoms with van der Waals surface area (Å²) < 4.78 is 5.37.